The van der Waals surface area contributed by atoms with E-state index in [2.05, 4.69) is 19.1 Å². The lowest BCUT2D eigenvalue weighted by Crippen LogP contribution is -2.42. The summed E-state index contributed by atoms with van der Waals surface area (Å²) in [4.78, 5) is 14.2. The van der Waals surface area contributed by atoms with Crippen LogP contribution in [0, 0.1) is 5.92 Å². The van der Waals surface area contributed by atoms with Gasteiger partial charge in [-0.2, -0.15) is 0 Å². The van der Waals surface area contributed by atoms with Gasteiger partial charge in [0.05, 0.1) is 6.04 Å². The molecule has 0 aromatic heterocycles. The Morgan fingerprint density at radius 3 is 2.79 bits per heavy atom. The molecule has 1 aliphatic rings. The number of aryl methyl sites for hydroxylation is 1. The zero-order valence-corrected chi connectivity index (χ0v) is 11.7. The van der Waals surface area contributed by atoms with Gasteiger partial charge in [-0.25, -0.2) is 0 Å². The average Bonchev–Trinajstić information content (AvgIpc) is 2.94. The highest BCUT2D eigenvalue weighted by atomic mass is 16.2. The number of carbonyl (C=O) groups is 1. The highest BCUT2D eigenvalue weighted by molar-refractivity contribution is 5.81. The maximum Gasteiger partial charge on any atom is 0.239 e. The molecular weight excluding hydrogens is 236 g/mol. The van der Waals surface area contributed by atoms with Crippen molar-refractivity contribution in [1.29, 1.82) is 0 Å². The van der Waals surface area contributed by atoms with Gasteiger partial charge in [-0.1, -0.05) is 43.7 Å². The summed E-state index contributed by atoms with van der Waals surface area (Å²) in [5, 5.41) is 0. The molecule has 2 atom stereocenters. The van der Waals surface area contributed by atoms with Crippen molar-refractivity contribution < 1.29 is 4.79 Å². The van der Waals surface area contributed by atoms with Crippen LogP contribution in [-0.2, 0) is 11.2 Å². The second-order valence-electron chi connectivity index (χ2n) is 5.48. The summed E-state index contributed by atoms with van der Waals surface area (Å²) in [5.74, 6) is 0.803. The van der Waals surface area contributed by atoms with Crippen LogP contribution >= 0.6 is 0 Å². The van der Waals surface area contributed by atoms with E-state index in [9.17, 15) is 4.79 Å². The normalized spacial score (nSPS) is 20.5. The van der Waals surface area contributed by atoms with E-state index in [1.54, 1.807) is 0 Å². The predicted octanol–water partition coefficient (Wildman–Crippen LogP) is 2.21. The molecule has 104 valence electrons. The van der Waals surface area contributed by atoms with Crippen molar-refractivity contribution in [1.82, 2.24) is 4.90 Å². The first-order valence-electron chi connectivity index (χ1n) is 7.29. The molecule has 1 aromatic rings. The fourth-order valence-corrected chi connectivity index (χ4v) is 2.69. The number of hydrogen-bond acceptors (Lipinski definition) is 2. The summed E-state index contributed by atoms with van der Waals surface area (Å²) in [7, 11) is 0. The van der Waals surface area contributed by atoms with Gasteiger partial charge < -0.3 is 10.6 Å². The molecule has 0 radical (unpaired) electrons. The summed E-state index contributed by atoms with van der Waals surface area (Å²) in [6.07, 6.45) is 3.89. The third-order valence-corrected chi connectivity index (χ3v) is 4.08. The lowest BCUT2D eigenvalue weighted by molar-refractivity contribution is -0.131. The molecule has 0 bridgehead atoms. The molecule has 1 amide bonds. The summed E-state index contributed by atoms with van der Waals surface area (Å²) in [6.45, 7) is 3.97. The van der Waals surface area contributed by atoms with Gasteiger partial charge in [0.1, 0.15) is 0 Å². The van der Waals surface area contributed by atoms with Gasteiger partial charge in [-0.15, -0.1) is 0 Å². The Morgan fingerprint density at radius 2 is 2.16 bits per heavy atom. The summed E-state index contributed by atoms with van der Waals surface area (Å²) in [6, 6.07) is 9.87. The van der Waals surface area contributed by atoms with E-state index in [0.717, 1.165) is 38.8 Å². The second-order valence-corrected chi connectivity index (χ2v) is 5.48. The van der Waals surface area contributed by atoms with E-state index in [-0.39, 0.29) is 11.9 Å². The monoisotopic (exact) mass is 260 g/mol. The Hall–Kier alpha value is -1.35. The van der Waals surface area contributed by atoms with Crippen LogP contribution in [0.25, 0.3) is 0 Å². The predicted molar refractivity (Wildman–Crippen MR) is 77.7 cm³/mol. The molecule has 0 aliphatic carbocycles. The van der Waals surface area contributed by atoms with Crippen molar-refractivity contribution in [2.75, 3.05) is 13.1 Å². The molecule has 1 aromatic carbocycles. The number of likely N-dealkylation sites (tertiary alicyclic amines) is 1. The van der Waals surface area contributed by atoms with Gasteiger partial charge in [-0.3, -0.25) is 4.79 Å². The van der Waals surface area contributed by atoms with Gasteiger partial charge in [0.2, 0.25) is 5.91 Å². The maximum atomic E-state index is 12.2. The third-order valence-electron chi connectivity index (χ3n) is 4.08. The van der Waals surface area contributed by atoms with E-state index in [4.69, 9.17) is 5.73 Å². The van der Waals surface area contributed by atoms with Crippen LogP contribution < -0.4 is 5.73 Å². The molecule has 3 heteroatoms. The van der Waals surface area contributed by atoms with Crippen molar-refractivity contribution in [2.45, 2.75) is 38.6 Å². The molecule has 1 saturated heterocycles. The Labute approximate surface area is 115 Å². The standard InChI is InChI=1S/C16H24N2O/c1-2-13-10-11-18(12-13)16(19)15(17)9-8-14-6-4-3-5-7-14/h3-7,13,15H,2,8-12,17H2,1H3/t13?,15-/m0/s1. The molecule has 1 heterocycles. The quantitative estimate of drug-likeness (QED) is 0.882. The van der Waals surface area contributed by atoms with Crippen molar-refractivity contribution >= 4 is 5.91 Å². The summed E-state index contributed by atoms with van der Waals surface area (Å²) < 4.78 is 0. The van der Waals surface area contributed by atoms with E-state index < -0.39 is 0 Å². The van der Waals surface area contributed by atoms with Crippen LogP contribution in [0.2, 0.25) is 0 Å². The molecule has 1 aliphatic heterocycles. The highest BCUT2D eigenvalue weighted by Crippen LogP contribution is 2.20. The van der Waals surface area contributed by atoms with Crippen LogP contribution in [0.4, 0.5) is 0 Å². The first-order valence-corrected chi connectivity index (χ1v) is 7.29. The number of carbonyl (C=O) groups excluding carboxylic acids is 1. The van der Waals surface area contributed by atoms with Crippen LogP contribution in [0.5, 0.6) is 0 Å². The fraction of sp³-hybridized carbons (Fsp3) is 0.562. The number of amides is 1. The van der Waals surface area contributed by atoms with E-state index in [0.29, 0.717) is 5.92 Å². The van der Waals surface area contributed by atoms with Crippen molar-refractivity contribution in [3.8, 4) is 0 Å². The minimum Gasteiger partial charge on any atom is -0.341 e. The van der Waals surface area contributed by atoms with Crippen LogP contribution in [0.15, 0.2) is 30.3 Å². The molecule has 1 unspecified atom stereocenters. The zero-order valence-electron chi connectivity index (χ0n) is 11.7. The van der Waals surface area contributed by atoms with Crippen molar-refractivity contribution in [3.63, 3.8) is 0 Å². The van der Waals surface area contributed by atoms with Gasteiger partial charge in [0.15, 0.2) is 0 Å². The number of nitrogens with two attached hydrogens (primary N) is 1. The fourth-order valence-electron chi connectivity index (χ4n) is 2.69. The molecule has 19 heavy (non-hydrogen) atoms. The first-order chi connectivity index (χ1) is 9.20. The minimum absolute atomic E-state index is 0.131. The molecule has 1 fully saturated rings. The molecule has 0 saturated carbocycles. The maximum absolute atomic E-state index is 12.2. The SMILES string of the molecule is CCC1CCN(C(=O)[C@@H](N)CCc2ccccc2)C1. The first kappa shape index (κ1) is 14.1. The zero-order chi connectivity index (χ0) is 13.7. The van der Waals surface area contributed by atoms with Crippen molar-refractivity contribution in [2.24, 2.45) is 11.7 Å². The average molecular weight is 260 g/mol. The van der Waals surface area contributed by atoms with Gasteiger partial charge >= 0.3 is 0 Å². The van der Waals surface area contributed by atoms with Crippen LogP contribution in [0.3, 0.4) is 0 Å². The molecule has 0 spiro atoms. The number of nitrogens with zero attached hydrogens (tertiary/aromatic N) is 1. The molecule has 3 nitrogen and oxygen atoms in total. The van der Waals surface area contributed by atoms with Crippen molar-refractivity contribution in [3.05, 3.63) is 35.9 Å². The molecular formula is C16H24N2O. The van der Waals surface area contributed by atoms with Gasteiger partial charge in [-0.05, 0) is 30.7 Å². The Morgan fingerprint density at radius 1 is 1.42 bits per heavy atom. The van der Waals surface area contributed by atoms with Gasteiger partial charge in [0.25, 0.3) is 0 Å². The molecule has 2 rings (SSSR count). The number of hydrogen-bond donors (Lipinski definition) is 1. The lowest BCUT2D eigenvalue weighted by Gasteiger charge is -2.20. The van der Waals surface area contributed by atoms with Gasteiger partial charge in [0, 0.05) is 13.1 Å². The van der Waals surface area contributed by atoms with E-state index in [1.807, 2.05) is 23.1 Å². The number of benzene rings is 1. The smallest absolute Gasteiger partial charge is 0.239 e. The summed E-state index contributed by atoms with van der Waals surface area (Å²) in [5.41, 5.74) is 7.29. The van der Waals surface area contributed by atoms with E-state index >= 15 is 0 Å². The summed E-state index contributed by atoms with van der Waals surface area (Å²) >= 11 is 0. The Balaban J connectivity index is 1.80. The highest BCUT2D eigenvalue weighted by Gasteiger charge is 2.27. The Kier molecular flexibility index (Phi) is 4.97. The Bertz CT molecular complexity index is 404. The largest absolute Gasteiger partial charge is 0.341 e. The van der Waals surface area contributed by atoms with Crippen LogP contribution in [-0.4, -0.2) is 29.9 Å². The van der Waals surface area contributed by atoms with Crippen LogP contribution in [0.1, 0.15) is 31.7 Å². The topological polar surface area (TPSA) is 46.3 Å². The third kappa shape index (κ3) is 3.80. The lowest BCUT2D eigenvalue weighted by atomic mass is 10.0. The minimum atomic E-state index is -0.351. The molecule has 2 N–H and O–H groups in total. The van der Waals surface area contributed by atoms with E-state index in [1.165, 1.54) is 5.56 Å². The number of rotatable bonds is 5. The second kappa shape index (κ2) is 6.71.